The molecule has 0 spiro atoms. The number of rotatable bonds is 5. The van der Waals surface area contributed by atoms with E-state index in [2.05, 4.69) is 28.2 Å². The van der Waals surface area contributed by atoms with Gasteiger partial charge in [-0.25, -0.2) is 0 Å². The molecule has 2 bridgehead atoms. The number of nitrogens with zero attached hydrogens (tertiary/aromatic N) is 2. The number of pyridine rings is 1. The summed E-state index contributed by atoms with van der Waals surface area (Å²) in [6, 6.07) is 5.31. The van der Waals surface area contributed by atoms with Crippen molar-refractivity contribution in [1.29, 1.82) is 0 Å². The maximum absolute atomic E-state index is 9.86. The molecule has 0 saturated carbocycles. The lowest BCUT2D eigenvalue weighted by Gasteiger charge is -2.36. The number of aromatic nitrogens is 1. The minimum atomic E-state index is -0.0886. The minimum Gasteiger partial charge on any atom is -0.393 e. The van der Waals surface area contributed by atoms with Gasteiger partial charge < -0.3 is 10.4 Å². The van der Waals surface area contributed by atoms with Gasteiger partial charge in [-0.2, -0.15) is 0 Å². The molecular weight excluding hydrogens is 250 g/mol. The number of aliphatic hydroxyl groups is 1. The Hall–Kier alpha value is -1.13. The SMILES string of the molecule is CCCNc1ccnc(CN2C3CCC2CC(O)C3)c1. The topological polar surface area (TPSA) is 48.4 Å². The predicted octanol–water partition coefficient (Wildman–Crippen LogP) is 2.39. The van der Waals surface area contributed by atoms with Gasteiger partial charge in [-0.05, 0) is 44.2 Å². The lowest BCUT2D eigenvalue weighted by Crippen LogP contribution is -2.44. The second kappa shape index (κ2) is 6.10. The summed E-state index contributed by atoms with van der Waals surface area (Å²) in [6.45, 7) is 4.10. The molecule has 2 aliphatic heterocycles. The molecule has 0 radical (unpaired) electrons. The first kappa shape index (κ1) is 13.8. The van der Waals surface area contributed by atoms with Gasteiger partial charge >= 0.3 is 0 Å². The molecule has 2 N–H and O–H groups in total. The fraction of sp³-hybridized carbons (Fsp3) is 0.688. The molecule has 0 aromatic carbocycles. The van der Waals surface area contributed by atoms with Gasteiger partial charge in [0.25, 0.3) is 0 Å². The van der Waals surface area contributed by atoms with E-state index in [1.54, 1.807) is 0 Å². The number of anilines is 1. The first-order valence-corrected chi connectivity index (χ1v) is 7.89. The number of piperidine rings is 1. The highest BCUT2D eigenvalue weighted by molar-refractivity contribution is 5.43. The zero-order valence-corrected chi connectivity index (χ0v) is 12.3. The van der Waals surface area contributed by atoms with Crippen LogP contribution in [0.1, 0.15) is 44.7 Å². The highest BCUT2D eigenvalue weighted by atomic mass is 16.3. The molecule has 2 fully saturated rings. The van der Waals surface area contributed by atoms with Crippen molar-refractivity contribution in [2.45, 2.75) is 63.8 Å². The molecule has 4 nitrogen and oxygen atoms in total. The predicted molar refractivity (Wildman–Crippen MR) is 80.6 cm³/mol. The van der Waals surface area contributed by atoms with Crippen molar-refractivity contribution in [3.05, 3.63) is 24.0 Å². The molecule has 0 amide bonds. The van der Waals surface area contributed by atoms with Crippen LogP contribution in [-0.4, -0.2) is 39.7 Å². The Labute approximate surface area is 121 Å². The van der Waals surface area contributed by atoms with E-state index in [1.165, 1.54) is 18.5 Å². The third-order valence-electron chi connectivity index (χ3n) is 4.60. The molecule has 2 atom stereocenters. The van der Waals surface area contributed by atoms with Crippen LogP contribution in [0.2, 0.25) is 0 Å². The molecule has 20 heavy (non-hydrogen) atoms. The van der Waals surface area contributed by atoms with Gasteiger partial charge in [-0.15, -0.1) is 0 Å². The summed E-state index contributed by atoms with van der Waals surface area (Å²) in [6.07, 6.45) is 7.27. The van der Waals surface area contributed by atoms with Crippen LogP contribution >= 0.6 is 0 Å². The summed E-state index contributed by atoms with van der Waals surface area (Å²) >= 11 is 0. The summed E-state index contributed by atoms with van der Waals surface area (Å²) in [7, 11) is 0. The molecule has 2 aliphatic rings. The maximum Gasteiger partial charge on any atom is 0.0570 e. The van der Waals surface area contributed by atoms with E-state index in [0.717, 1.165) is 38.0 Å². The van der Waals surface area contributed by atoms with Crippen molar-refractivity contribution in [3.8, 4) is 0 Å². The normalized spacial score (nSPS) is 29.6. The van der Waals surface area contributed by atoms with E-state index < -0.39 is 0 Å². The summed E-state index contributed by atoms with van der Waals surface area (Å²) < 4.78 is 0. The first-order valence-electron chi connectivity index (χ1n) is 7.89. The Morgan fingerprint density at radius 3 is 2.80 bits per heavy atom. The van der Waals surface area contributed by atoms with Gasteiger partial charge in [0.2, 0.25) is 0 Å². The van der Waals surface area contributed by atoms with Gasteiger partial charge in [0.1, 0.15) is 0 Å². The smallest absolute Gasteiger partial charge is 0.0570 e. The van der Waals surface area contributed by atoms with Crippen LogP contribution in [0, 0.1) is 0 Å². The average Bonchev–Trinajstić information content (AvgIpc) is 2.69. The van der Waals surface area contributed by atoms with Crippen LogP contribution in [0.4, 0.5) is 5.69 Å². The third-order valence-corrected chi connectivity index (χ3v) is 4.60. The number of hydrogen-bond acceptors (Lipinski definition) is 4. The van der Waals surface area contributed by atoms with E-state index in [-0.39, 0.29) is 6.10 Å². The summed E-state index contributed by atoms with van der Waals surface area (Å²) in [4.78, 5) is 7.07. The Kier molecular flexibility index (Phi) is 4.22. The molecular formula is C16H25N3O. The molecule has 2 unspecified atom stereocenters. The van der Waals surface area contributed by atoms with Crippen LogP contribution in [0.25, 0.3) is 0 Å². The van der Waals surface area contributed by atoms with E-state index in [1.807, 2.05) is 12.3 Å². The molecule has 110 valence electrons. The Balaban J connectivity index is 1.66. The molecule has 1 aromatic rings. The van der Waals surface area contributed by atoms with Crippen LogP contribution in [0.3, 0.4) is 0 Å². The van der Waals surface area contributed by atoms with Crippen molar-refractivity contribution < 1.29 is 5.11 Å². The fourth-order valence-corrected chi connectivity index (χ4v) is 3.63. The van der Waals surface area contributed by atoms with Crippen molar-refractivity contribution in [1.82, 2.24) is 9.88 Å². The lowest BCUT2D eigenvalue weighted by atomic mass is 9.99. The molecule has 4 heteroatoms. The number of aliphatic hydroxyl groups excluding tert-OH is 1. The Bertz CT molecular complexity index is 437. The standard InChI is InChI=1S/C16H25N3O/c1-2-6-17-12-5-7-18-13(8-12)11-19-14-3-4-15(19)10-16(20)9-14/h5,7-8,14-16,20H,2-4,6,9-11H2,1H3,(H,17,18). The number of nitrogens with one attached hydrogen (secondary N) is 1. The van der Waals surface area contributed by atoms with Gasteiger partial charge in [-0.1, -0.05) is 6.92 Å². The number of hydrogen-bond donors (Lipinski definition) is 2. The highest BCUT2D eigenvalue weighted by Crippen LogP contribution is 2.36. The van der Waals surface area contributed by atoms with Crippen LogP contribution in [0.5, 0.6) is 0 Å². The largest absolute Gasteiger partial charge is 0.393 e. The third kappa shape index (κ3) is 2.96. The van der Waals surface area contributed by atoms with Gasteiger partial charge in [-0.3, -0.25) is 9.88 Å². The van der Waals surface area contributed by atoms with Crippen molar-refractivity contribution in [3.63, 3.8) is 0 Å². The van der Waals surface area contributed by atoms with Crippen molar-refractivity contribution in [2.24, 2.45) is 0 Å². The van der Waals surface area contributed by atoms with Crippen LogP contribution in [-0.2, 0) is 6.54 Å². The fourth-order valence-electron chi connectivity index (χ4n) is 3.63. The molecule has 3 heterocycles. The van der Waals surface area contributed by atoms with Crippen LogP contribution in [0.15, 0.2) is 18.3 Å². The molecule has 3 rings (SSSR count). The zero-order valence-electron chi connectivity index (χ0n) is 12.3. The lowest BCUT2D eigenvalue weighted by molar-refractivity contribution is 0.0304. The van der Waals surface area contributed by atoms with Crippen LogP contribution < -0.4 is 5.32 Å². The summed E-state index contributed by atoms with van der Waals surface area (Å²) in [5.41, 5.74) is 2.31. The molecule has 2 saturated heterocycles. The van der Waals surface area contributed by atoms with Crippen molar-refractivity contribution >= 4 is 5.69 Å². The van der Waals surface area contributed by atoms with Gasteiger partial charge in [0.15, 0.2) is 0 Å². The summed E-state index contributed by atoms with van der Waals surface area (Å²) in [5.74, 6) is 0. The quantitative estimate of drug-likeness (QED) is 0.866. The second-order valence-electron chi connectivity index (χ2n) is 6.15. The maximum atomic E-state index is 9.86. The van der Waals surface area contributed by atoms with Gasteiger partial charge in [0, 0.05) is 37.1 Å². The first-order chi connectivity index (χ1) is 9.76. The van der Waals surface area contributed by atoms with E-state index in [0.29, 0.717) is 12.1 Å². The average molecular weight is 275 g/mol. The molecule has 0 aliphatic carbocycles. The minimum absolute atomic E-state index is 0.0886. The second-order valence-corrected chi connectivity index (χ2v) is 6.15. The van der Waals surface area contributed by atoms with Gasteiger partial charge in [0.05, 0.1) is 11.8 Å². The summed E-state index contributed by atoms with van der Waals surface area (Å²) in [5, 5.41) is 13.3. The van der Waals surface area contributed by atoms with Crippen molar-refractivity contribution in [2.75, 3.05) is 11.9 Å². The highest BCUT2D eigenvalue weighted by Gasteiger charge is 2.39. The number of fused-ring (bicyclic) bond motifs is 2. The van der Waals surface area contributed by atoms with E-state index in [4.69, 9.17) is 0 Å². The zero-order chi connectivity index (χ0) is 13.9. The Morgan fingerprint density at radius 2 is 2.10 bits per heavy atom. The van der Waals surface area contributed by atoms with E-state index in [9.17, 15) is 5.11 Å². The van der Waals surface area contributed by atoms with E-state index >= 15 is 0 Å². The Morgan fingerprint density at radius 1 is 1.35 bits per heavy atom. The molecule has 1 aromatic heterocycles. The monoisotopic (exact) mass is 275 g/mol.